The zero-order valence-electron chi connectivity index (χ0n) is 11.0. The van der Waals surface area contributed by atoms with Crippen LogP contribution < -0.4 is 20.3 Å². The molecule has 1 aromatic rings. The Balaban J connectivity index is 2.97. The van der Waals surface area contributed by atoms with Gasteiger partial charge in [0.05, 0.1) is 26.0 Å². The van der Waals surface area contributed by atoms with E-state index in [1.807, 2.05) is 0 Å². The Morgan fingerprint density at radius 3 is 2.06 bits per heavy atom. The molecule has 0 heterocycles. The van der Waals surface area contributed by atoms with Crippen LogP contribution in [0, 0.1) is 0 Å². The van der Waals surface area contributed by atoms with Crippen molar-refractivity contribution in [1.29, 1.82) is 0 Å². The fourth-order valence-corrected chi connectivity index (χ4v) is 1.30. The number of hydrazine groups is 1. The number of carbonyl (C=O) groups excluding carboxylic acids is 1. The highest BCUT2D eigenvalue weighted by Gasteiger charge is 2.16. The van der Waals surface area contributed by atoms with Crippen LogP contribution >= 0.6 is 0 Å². The van der Waals surface area contributed by atoms with Crippen molar-refractivity contribution in [3.05, 3.63) is 18.2 Å². The Kier molecular flexibility index (Phi) is 4.79. The van der Waals surface area contributed by atoms with Crippen molar-refractivity contribution >= 4 is 11.8 Å². The lowest BCUT2D eigenvalue weighted by molar-refractivity contribution is 0.122. The Morgan fingerprint density at radius 1 is 1.17 bits per heavy atom. The number of hydrogen-bond acceptors (Lipinski definition) is 5. The minimum atomic E-state index is -0.639. The van der Waals surface area contributed by atoms with Crippen molar-refractivity contribution in [3.63, 3.8) is 0 Å². The van der Waals surface area contributed by atoms with Gasteiger partial charge in [-0.3, -0.25) is 0 Å². The van der Waals surface area contributed by atoms with Gasteiger partial charge in [-0.1, -0.05) is 0 Å². The Morgan fingerprint density at radius 2 is 1.67 bits per heavy atom. The van der Waals surface area contributed by atoms with E-state index in [4.69, 9.17) is 20.1 Å². The van der Waals surface area contributed by atoms with Crippen molar-refractivity contribution in [2.24, 2.45) is 5.84 Å². The molecule has 0 unspecified atom stereocenters. The maximum absolute atomic E-state index is 11.7. The van der Waals surface area contributed by atoms with Gasteiger partial charge in [0, 0.05) is 18.2 Å². The number of nitrogens with two attached hydrogens (primary N) is 1. The molecular weight excluding hydrogens is 236 g/mol. The molecule has 18 heavy (non-hydrogen) atoms. The van der Waals surface area contributed by atoms with Crippen LogP contribution in [0.1, 0.15) is 13.8 Å². The van der Waals surface area contributed by atoms with Gasteiger partial charge >= 0.3 is 6.09 Å². The Hall–Kier alpha value is -1.95. The van der Waals surface area contributed by atoms with Gasteiger partial charge in [0.2, 0.25) is 0 Å². The number of methoxy groups -OCH3 is 2. The topological polar surface area (TPSA) is 74.0 Å². The molecule has 0 radical (unpaired) electrons. The zero-order chi connectivity index (χ0) is 13.7. The fourth-order valence-electron chi connectivity index (χ4n) is 1.30. The summed E-state index contributed by atoms with van der Waals surface area (Å²) in [6, 6.07) is 4.92. The van der Waals surface area contributed by atoms with Crippen molar-refractivity contribution in [3.8, 4) is 11.5 Å². The predicted molar refractivity (Wildman–Crippen MR) is 67.8 cm³/mol. The third-order valence-electron chi connectivity index (χ3n) is 2.15. The second-order valence-electron chi connectivity index (χ2n) is 3.87. The van der Waals surface area contributed by atoms with Crippen molar-refractivity contribution in [2.45, 2.75) is 20.0 Å². The van der Waals surface area contributed by atoms with E-state index in [0.29, 0.717) is 17.2 Å². The SMILES string of the molecule is COc1cc(OC)cc(N(N)C(=O)OC(C)C)c1. The molecule has 0 fully saturated rings. The molecule has 100 valence electrons. The third kappa shape index (κ3) is 3.53. The highest BCUT2D eigenvalue weighted by Crippen LogP contribution is 2.27. The third-order valence-corrected chi connectivity index (χ3v) is 2.15. The van der Waals surface area contributed by atoms with Gasteiger partial charge < -0.3 is 14.2 Å². The summed E-state index contributed by atoms with van der Waals surface area (Å²) in [5.41, 5.74) is 0.428. The first kappa shape index (κ1) is 14.1. The van der Waals surface area contributed by atoms with Gasteiger partial charge in [0.1, 0.15) is 11.5 Å². The van der Waals surface area contributed by atoms with E-state index in [1.54, 1.807) is 32.0 Å². The lowest BCUT2D eigenvalue weighted by Crippen LogP contribution is -2.39. The molecule has 0 aliphatic rings. The number of ether oxygens (including phenoxy) is 3. The molecule has 6 heteroatoms. The van der Waals surface area contributed by atoms with E-state index >= 15 is 0 Å². The minimum Gasteiger partial charge on any atom is -0.497 e. The number of anilines is 1. The van der Waals surface area contributed by atoms with Crippen LogP contribution in [0.3, 0.4) is 0 Å². The van der Waals surface area contributed by atoms with Crippen LogP contribution in [0.15, 0.2) is 18.2 Å². The highest BCUT2D eigenvalue weighted by molar-refractivity contribution is 5.87. The molecule has 0 aromatic heterocycles. The molecule has 1 rings (SSSR count). The standard InChI is InChI=1S/C12H18N2O4/c1-8(2)18-12(15)14(13)9-5-10(16-3)7-11(6-9)17-4/h5-8H,13H2,1-4H3. The summed E-state index contributed by atoms with van der Waals surface area (Å²) >= 11 is 0. The van der Waals surface area contributed by atoms with Crippen LogP contribution in [-0.4, -0.2) is 26.4 Å². The molecule has 6 nitrogen and oxygen atoms in total. The largest absolute Gasteiger partial charge is 0.497 e. The molecule has 0 saturated heterocycles. The first-order chi connectivity index (χ1) is 8.47. The molecule has 0 atom stereocenters. The summed E-state index contributed by atoms with van der Waals surface area (Å²) in [5.74, 6) is 6.76. The minimum absolute atomic E-state index is 0.240. The van der Waals surface area contributed by atoms with Gasteiger partial charge in [-0.25, -0.2) is 15.6 Å². The van der Waals surface area contributed by atoms with Crippen LogP contribution in [0.25, 0.3) is 0 Å². The monoisotopic (exact) mass is 254 g/mol. The van der Waals surface area contributed by atoms with Gasteiger partial charge in [0.25, 0.3) is 0 Å². The molecular formula is C12H18N2O4. The van der Waals surface area contributed by atoms with Gasteiger partial charge in [-0.05, 0) is 13.8 Å². The summed E-state index contributed by atoms with van der Waals surface area (Å²) in [5, 5.41) is 0.908. The van der Waals surface area contributed by atoms with E-state index < -0.39 is 6.09 Å². The van der Waals surface area contributed by atoms with Crippen molar-refractivity contribution in [2.75, 3.05) is 19.2 Å². The molecule has 2 N–H and O–H groups in total. The summed E-state index contributed by atoms with van der Waals surface area (Å²) in [6.07, 6.45) is -0.878. The molecule has 0 bridgehead atoms. The molecule has 0 aliphatic carbocycles. The van der Waals surface area contributed by atoms with E-state index in [-0.39, 0.29) is 6.10 Å². The predicted octanol–water partition coefficient (Wildman–Crippen LogP) is 1.93. The van der Waals surface area contributed by atoms with E-state index in [0.717, 1.165) is 5.01 Å². The maximum atomic E-state index is 11.7. The zero-order valence-corrected chi connectivity index (χ0v) is 11.0. The van der Waals surface area contributed by atoms with Gasteiger partial charge in [-0.2, -0.15) is 0 Å². The first-order valence-corrected chi connectivity index (χ1v) is 5.46. The van der Waals surface area contributed by atoms with E-state index in [9.17, 15) is 4.79 Å². The average Bonchev–Trinajstić information content (AvgIpc) is 2.36. The molecule has 0 aliphatic heterocycles. The second kappa shape index (κ2) is 6.11. The fraction of sp³-hybridized carbons (Fsp3) is 0.417. The van der Waals surface area contributed by atoms with Crippen LogP contribution in [0.4, 0.5) is 10.5 Å². The number of hydrogen-bond donors (Lipinski definition) is 1. The quantitative estimate of drug-likeness (QED) is 0.505. The highest BCUT2D eigenvalue weighted by atomic mass is 16.6. The van der Waals surface area contributed by atoms with Crippen LogP contribution in [0.5, 0.6) is 11.5 Å². The lowest BCUT2D eigenvalue weighted by Gasteiger charge is -2.19. The van der Waals surface area contributed by atoms with Gasteiger partial charge in [-0.15, -0.1) is 0 Å². The average molecular weight is 254 g/mol. The summed E-state index contributed by atoms with van der Waals surface area (Å²) in [4.78, 5) is 11.7. The molecule has 0 saturated carbocycles. The Bertz CT molecular complexity index is 398. The number of benzene rings is 1. The number of carbonyl (C=O) groups is 1. The van der Waals surface area contributed by atoms with E-state index in [1.165, 1.54) is 14.2 Å². The first-order valence-electron chi connectivity index (χ1n) is 5.46. The smallest absolute Gasteiger partial charge is 0.429 e. The Labute approximate surface area is 106 Å². The number of amides is 1. The van der Waals surface area contributed by atoms with Gasteiger partial charge in [0.15, 0.2) is 0 Å². The summed E-state index contributed by atoms with van der Waals surface area (Å²) < 4.78 is 15.2. The number of nitrogens with zero attached hydrogens (tertiary/aromatic N) is 1. The van der Waals surface area contributed by atoms with Crippen LogP contribution in [0.2, 0.25) is 0 Å². The molecule has 0 spiro atoms. The van der Waals surface area contributed by atoms with Crippen molar-refractivity contribution < 1.29 is 19.0 Å². The molecule has 1 amide bonds. The lowest BCUT2D eigenvalue weighted by atomic mass is 10.2. The van der Waals surface area contributed by atoms with Crippen LogP contribution in [-0.2, 0) is 4.74 Å². The summed E-state index contributed by atoms with van der Waals surface area (Å²) in [7, 11) is 3.04. The normalized spacial score (nSPS) is 10.1. The van der Waals surface area contributed by atoms with E-state index in [2.05, 4.69) is 0 Å². The summed E-state index contributed by atoms with van der Waals surface area (Å²) in [6.45, 7) is 3.50. The maximum Gasteiger partial charge on any atom is 0.429 e. The van der Waals surface area contributed by atoms with Crippen molar-refractivity contribution in [1.82, 2.24) is 0 Å². The second-order valence-corrected chi connectivity index (χ2v) is 3.87. The number of rotatable bonds is 4. The molecule has 1 aromatic carbocycles.